The molecule has 0 aromatic rings. The van der Waals surface area contributed by atoms with E-state index in [0.717, 1.165) is 0 Å². The van der Waals surface area contributed by atoms with Crippen molar-refractivity contribution in [2.75, 3.05) is 13.2 Å². The van der Waals surface area contributed by atoms with Crippen molar-refractivity contribution in [1.82, 2.24) is 0 Å². The molecule has 0 aliphatic carbocycles. The average molecular weight is 116 g/mol. The van der Waals surface area contributed by atoms with Crippen molar-refractivity contribution in [2.45, 2.75) is 6.42 Å². The molecule has 0 aromatic heterocycles. The zero-order valence-electron chi connectivity index (χ0n) is 4.72. The molecular formula is C5H10NO2. The molecular weight excluding hydrogens is 106 g/mol. The normalized spacial score (nSPS) is 8.75. The van der Waals surface area contributed by atoms with E-state index >= 15 is 0 Å². The second-order valence-corrected chi connectivity index (χ2v) is 1.26. The van der Waals surface area contributed by atoms with Crippen molar-refractivity contribution in [3.8, 4) is 0 Å². The Labute approximate surface area is 48.8 Å². The van der Waals surface area contributed by atoms with E-state index < -0.39 is 0 Å². The summed E-state index contributed by atoms with van der Waals surface area (Å²) in [6.07, 6.45) is 0.287. The monoisotopic (exact) mass is 116 g/mol. The fraction of sp³-hybridized carbons (Fsp3) is 0.600. The summed E-state index contributed by atoms with van der Waals surface area (Å²) in [7, 11) is 0. The lowest BCUT2D eigenvalue weighted by molar-refractivity contribution is -0.142. The smallest absolute Gasteiger partial charge is 0.307 e. The predicted octanol–water partition coefficient (Wildman–Crippen LogP) is -0.288. The van der Waals surface area contributed by atoms with Gasteiger partial charge in [0.25, 0.3) is 0 Å². The van der Waals surface area contributed by atoms with E-state index in [1.165, 1.54) is 0 Å². The van der Waals surface area contributed by atoms with Gasteiger partial charge >= 0.3 is 5.97 Å². The van der Waals surface area contributed by atoms with Crippen molar-refractivity contribution < 1.29 is 9.53 Å². The van der Waals surface area contributed by atoms with Crippen LogP contribution in [-0.2, 0) is 9.53 Å². The van der Waals surface area contributed by atoms with E-state index in [2.05, 4.69) is 11.7 Å². The molecule has 0 saturated carbocycles. The van der Waals surface area contributed by atoms with Gasteiger partial charge in [-0.25, -0.2) is 0 Å². The molecule has 0 unspecified atom stereocenters. The van der Waals surface area contributed by atoms with Gasteiger partial charge in [-0.05, 0) is 6.92 Å². The van der Waals surface area contributed by atoms with E-state index in [-0.39, 0.29) is 19.0 Å². The molecule has 47 valence electrons. The third kappa shape index (κ3) is 3.61. The molecule has 8 heavy (non-hydrogen) atoms. The van der Waals surface area contributed by atoms with Crippen LogP contribution in [0.1, 0.15) is 6.42 Å². The van der Waals surface area contributed by atoms with E-state index in [4.69, 9.17) is 5.73 Å². The fourth-order valence-corrected chi connectivity index (χ4v) is 0.304. The number of nitrogens with two attached hydrogens (primary N) is 1. The van der Waals surface area contributed by atoms with Crippen molar-refractivity contribution >= 4 is 5.97 Å². The standard InChI is InChI=1S/C5H10NO2/c1-2-8-5(7)3-4-6/h1-4,6H2. The lowest BCUT2D eigenvalue weighted by Crippen LogP contribution is -2.10. The molecule has 0 aliphatic heterocycles. The molecule has 1 radical (unpaired) electrons. The highest BCUT2D eigenvalue weighted by Gasteiger charge is 1.95. The van der Waals surface area contributed by atoms with Crippen LogP contribution >= 0.6 is 0 Å². The van der Waals surface area contributed by atoms with Gasteiger partial charge in [-0.2, -0.15) is 0 Å². The Hall–Kier alpha value is -0.570. The topological polar surface area (TPSA) is 52.3 Å². The van der Waals surface area contributed by atoms with Gasteiger partial charge < -0.3 is 10.5 Å². The van der Waals surface area contributed by atoms with Crippen LogP contribution in [0, 0.1) is 6.92 Å². The highest BCUT2D eigenvalue weighted by Crippen LogP contribution is 1.80. The molecule has 3 nitrogen and oxygen atoms in total. The molecule has 2 N–H and O–H groups in total. The molecule has 0 rings (SSSR count). The van der Waals surface area contributed by atoms with Crippen LogP contribution in [0.15, 0.2) is 0 Å². The Kier molecular flexibility index (Phi) is 4.26. The van der Waals surface area contributed by atoms with Crippen LogP contribution in [0.4, 0.5) is 0 Å². The Bertz CT molecular complexity index is 64.8. The lowest BCUT2D eigenvalue weighted by atomic mass is 10.4. The number of carbonyl (C=O) groups excluding carboxylic acids is 1. The minimum absolute atomic E-state index is 0.193. The van der Waals surface area contributed by atoms with E-state index in [1.54, 1.807) is 0 Å². The predicted molar refractivity (Wildman–Crippen MR) is 30.0 cm³/mol. The van der Waals surface area contributed by atoms with Gasteiger partial charge in [0, 0.05) is 6.54 Å². The number of hydrogen-bond donors (Lipinski definition) is 1. The molecule has 0 aromatic carbocycles. The highest BCUT2D eigenvalue weighted by atomic mass is 16.5. The summed E-state index contributed by atoms with van der Waals surface area (Å²) in [6, 6.07) is 0. The average Bonchev–Trinajstić information content (AvgIpc) is 1.68. The first-order chi connectivity index (χ1) is 3.81. The molecule has 0 fully saturated rings. The van der Waals surface area contributed by atoms with Crippen LogP contribution in [-0.4, -0.2) is 19.1 Å². The number of ether oxygens (including phenoxy) is 1. The Balaban J connectivity index is 3.06. The second-order valence-electron chi connectivity index (χ2n) is 1.26. The minimum atomic E-state index is -0.275. The summed E-state index contributed by atoms with van der Waals surface area (Å²) < 4.78 is 4.45. The lowest BCUT2D eigenvalue weighted by Gasteiger charge is -1.96. The Morgan fingerprint density at radius 3 is 2.75 bits per heavy atom. The van der Waals surface area contributed by atoms with Gasteiger partial charge in [0.05, 0.1) is 13.0 Å². The summed E-state index contributed by atoms with van der Waals surface area (Å²) in [4.78, 5) is 10.3. The molecule has 0 saturated heterocycles. The molecule has 0 bridgehead atoms. The van der Waals surface area contributed by atoms with E-state index in [9.17, 15) is 4.79 Å². The van der Waals surface area contributed by atoms with Crippen LogP contribution in [0.25, 0.3) is 0 Å². The first kappa shape index (κ1) is 7.43. The maximum Gasteiger partial charge on any atom is 0.307 e. The van der Waals surface area contributed by atoms with Crippen LogP contribution in [0.3, 0.4) is 0 Å². The first-order valence-corrected chi connectivity index (χ1v) is 2.46. The first-order valence-electron chi connectivity index (χ1n) is 2.46. The molecule has 0 spiro atoms. The summed E-state index contributed by atoms with van der Waals surface area (Å²) in [5, 5.41) is 0. The zero-order valence-corrected chi connectivity index (χ0v) is 4.72. The van der Waals surface area contributed by atoms with Crippen molar-refractivity contribution in [3.63, 3.8) is 0 Å². The SMILES string of the molecule is [CH2]COC(=O)CCN. The van der Waals surface area contributed by atoms with Crippen LogP contribution in [0.2, 0.25) is 0 Å². The molecule has 0 amide bonds. The van der Waals surface area contributed by atoms with Crippen molar-refractivity contribution in [1.29, 1.82) is 0 Å². The fourth-order valence-electron chi connectivity index (χ4n) is 0.304. The number of esters is 1. The Morgan fingerprint density at radius 2 is 2.38 bits per heavy atom. The Morgan fingerprint density at radius 1 is 1.75 bits per heavy atom. The van der Waals surface area contributed by atoms with Crippen LogP contribution < -0.4 is 5.73 Å². The highest BCUT2D eigenvalue weighted by molar-refractivity contribution is 5.69. The van der Waals surface area contributed by atoms with Crippen LogP contribution in [0.5, 0.6) is 0 Å². The van der Waals surface area contributed by atoms with Gasteiger partial charge in [-0.1, -0.05) is 0 Å². The number of carbonyl (C=O) groups is 1. The van der Waals surface area contributed by atoms with Gasteiger partial charge in [0.15, 0.2) is 0 Å². The van der Waals surface area contributed by atoms with Crippen molar-refractivity contribution in [3.05, 3.63) is 6.92 Å². The number of rotatable bonds is 3. The number of hydrogen-bond acceptors (Lipinski definition) is 3. The van der Waals surface area contributed by atoms with E-state index in [1.807, 2.05) is 0 Å². The third-order valence-electron chi connectivity index (χ3n) is 0.612. The summed E-state index contributed by atoms with van der Waals surface area (Å²) in [5.74, 6) is -0.275. The minimum Gasteiger partial charge on any atom is -0.466 e. The van der Waals surface area contributed by atoms with Gasteiger partial charge in [-0.3, -0.25) is 4.79 Å². The van der Waals surface area contributed by atoms with E-state index in [0.29, 0.717) is 6.54 Å². The molecule has 0 aliphatic rings. The largest absolute Gasteiger partial charge is 0.466 e. The summed E-state index contributed by atoms with van der Waals surface area (Å²) in [5.41, 5.74) is 5.04. The van der Waals surface area contributed by atoms with Crippen molar-refractivity contribution in [2.24, 2.45) is 5.73 Å². The third-order valence-corrected chi connectivity index (χ3v) is 0.612. The molecule has 0 atom stereocenters. The second kappa shape index (κ2) is 4.59. The zero-order chi connectivity index (χ0) is 6.41. The summed E-state index contributed by atoms with van der Waals surface area (Å²) >= 11 is 0. The molecule has 3 heteroatoms. The van der Waals surface area contributed by atoms with Gasteiger partial charge in [-0.15, -0.1) is 0 Å². The molecule has 0 heterocycles. The maximum atomic E-state index is 10.3. The maximum absolute atomic E-state index is 10.3. The quantitative estimate of drug-likeness (QED) is 0.515. The van der Waals surface area contributed by atoms with Gasteiger partial charge in [0.1, 0.15) is 0 Å². The summed E-state index contributed by atoms with van der Waals surface area (Å²) in [6.45, 7) is 3.86. The van der Waals surface area contributed by atoms with Gasteiger partial charge in [0.2, 0.25) is 0 Å².